The van der Waals surface area contributed by atoms with Gasteiger partial charge in [0.05, 0.1) is 30.3 Å². The van der Waals surface area contributed by atoms with Crippen molar-refractivity contribution >= 4 is 56.7 Å². The summed E-state index contributed by atoms with van der Waals surface area (Å²) in [6.45, 7) is 6.31. The molecule has 0 bridgehead atoms. The molecule has 2 aromatic heterocycles. The van der Waals surface area contributed by atoms with Crippen molar-refractivity contribution in [3.8, 4) is 5.75 Å². The van der Waals surface area contributed by atoms with Crippen molar-refractivity contribution in [1.82, 2.24) is 14.5 Å². The van der Waals surface area contributed by atoms with Crippen LogP contribution in [-0.4, -0.2) is 33.6 Å². The van der Waals surface area contributed by atoms with E-state index in [1.807, 2.05) is 61.0 Å². The van der Waals surface area contributed by atoms with Crippen molar-refractivity contribution in [3.05, 3.63) is 70.7 Å². The molecule has 3 aromatic rings. The number of fused-ring (bicyclic) bond motifs is 2. The number of imidazole rings is 1. The number of nitrogens with zero attached hydrogens (tertiary/aromatic N) is 4. The van der Waals surface area contributed by atoms with Gasteiger partial charge in [0.15, 0.2) is 6.61 Å². The van der Waals surface area contributed by atoms with Gasteiger partial charge in [-0.3, -0.25) is 4.79 Å². The maximum Gasteiger partial charge on any atom is 0.265 e. The number of carbonyl (C=O) groups excluding carboxylic acids is 1. The van der Waals surface area contributed by atoms with Crippen molar-refractivity contribution in [2.24, 2.45) is 7.05 Å². The van der Waals surface area contributed by atoms with Gasteiger partial charge in [0, 0.05) is 28.4 Å². The molecule has 0 saturated heterocycles. The first-order valence-electron chi connectivity index (χ1n) is 9.73. The van der Waals surface area contributed by atoms with Crippen LogP contribution in [0.2, 0.25) is 0 Å². The zero-order valence-electron chi connectivity index (χ0n) is 17.3. The summed E-state index contributed by atoms with van der Waals surface area (Å²) in [5, 5.41) is 3.31. The number of nitrogens with one attached hydrogen (secondary N) is 1. The number of halogens is 1. The lowest BCUT2D eigenvalue weighted by molar-refractivity contribution is -0.121. The normalized spacial score (nSPS) is 14.1. The van der Waals surface area contributed by atoms with Gasteiger partial charge in [-0.25, -0.2) is 9.97 Å². The molecule has 1 amide bonds. The quantitative estimate of drug-likeness (QED) is 0.365. The van der Waals surface area contributed by atoms with Gasteiger partial charge in [-0.1, -0.05) is 18.7 Å². The fourth-order valence-electron chi connectivity index (χ4n) is 3.32. The third kappa shape index (κ3) is 4.63. The van der Waals surface area contributed by atoms with Crippen molar-refractivity contribution in [2.45, 2.75) is 6.92 Å². The molecule has 0 atom stereocenters. The minimum Gasteiger partial charge on any atom is -0.481 e. The van der Waals surface area contributed by atoms with Crippen molar-refractivity contribution in [2.75, 3.05) is 23.4 Å². The van der Waals surface area contributed by atoms with Crippen LogP contribution in [0.5, 0.6) is 5.75 Å². The van der Waals surface area contributed by atoms with Gasteiger partial charge >= 0.3 is 0 Å². The lowest BCUT2D eigenvalue weighted by atomic mass is 10.1. The van der Waals surface area contributed by atoms with Gasteiger partial charge in [0.2, 0.25) is 0 Å². The first-order chi connectivity index (χ1) is 14.9. The van der Waals surface area contributed by atoms with E-state index in [1.54, 1.807) is 17.4 Å². The van der Waals surface area contributed by atoms with Gasteiger partial charge in [0.1, 0.15) is 17.1 Å². The summed E-state index contributed by atoms with van der Waals surface area (Å²) in [6, 6.07) is 7.65. The first-order valence-corrected chi connectivity index (χ1v) is 10.8. The third-order valence-electron chi connectivity index (χ3n) is 4.98. The van der Waals surface area contributed by atoms with Crippen LogP contribution in [0, 0.1) is 0 Å². The summed E-state index contributed by atoms with van der Waals surface area (Å²) in [5.74, 6) is 1.29. The minimum atomic E-state index is -0.0717. The number of aromatic nitrogens is 3. The Morgan fingerprint density at radius 2 is 2.16 bits per heavy atom. The summed E-state index contributed by atoms with van der Waals surface area (Å²) in [7, 11) is 1.95. The van der Waals surface area contributed by atoms with Crippen LogP contribution in [0.15, 0.2) is 70.7 Å². The summed E-state index contributed by atoms with van der Waals surface area (Å²) < 4.78 is 8.59. The molecular weight excluding hydrogens is 505 g/mol. The molecule has 0 spiro atoms. The first kappa shape index (κ1) is 21.1. The second-order valence-electron chi connectivity index (χ2n) is 7.13. The van der Waals surface area contributed by atoms with E-state index in [9.17, 15) is 4.79 Å². The van der Waals surface area contributed by atoms with Crippen LogP contribution in [-0.2, 0) is 11.8 Å². The number of hydrogen-bond acceptors (Lipinski definition) is 5. The number of aryl methyl sites for hydroxylation is 1. The van der Waals surface area contributed by atoms with E-state index in [1.165, 1.54) is 0 Å². The van der Waals surface area contributed by atoms with E-state index in [4.69, 9.17) is 4.74 Å². The minimum absolute atomic E-state index is 0.00931. The Morgan fingerprint density at radius 3 is 2.94 bits per heavy atom. The molecule has 0 aliphatic carbocycles. The Hall–Kier alpha value is -3.14. The van der Waals surface area contributed by atoms with Gasteiger partial charge in [-0.05, 0) is 53.3 Å². The highest BCUT2D eigenvalue weighted by atomic mass is 127. The molecule has 0 saturated carbocycles. The highest BCUT2D eigenvalue weighted by Crippen LogP contribution is 2.36. The number of hydrogen-bond donors (Lipinski definition) is 1. The molecule has 1 aromatic carbocycles. The average molecular weight is 527 g/mol. The molecule has 4 rings (SSSR count). The molecule has 8 heteroatoms. The van der Waals surface area contributed by atoms with E-state index in [0.717, 1.165) is 31.6 Å². The summed E-state index contributed by atoms with van der Waals surface area (Å²) in [5.41, 5.74) is 4.43. The van der Waals surface area contributed by atoms with Crippen LogP contribution >= 0.6 is 22.6 Å². The number of carbonyl (C=O) groups is 1. The molecule has 0 radical (unpaired) electrons. The number of benzene rings is 1. The molecule has 0 unspecified atom stereocenters. The largest absolute Gasteiger partial charge is 0.481 e. The Morgan fingerprint density at radius 1 is 1.32 bits per heavy atom. The van der Waals surface area contributed by atoms with Crippen LogP contribution < -0.4 is 15.0 Å². The predicted molar refractivity (Wildman–Crippen MR) is 132 cm³/mol. The van der Waals surface area contributed by atoms with Gasteiger partial charge < -0.3 is 19.5 Å². The van der Waals surface area contributed by atoms with Crippen LogP contribution in [0.1, 0.15) is 6.92 Å². The molecule has 0 fully saturated rings. The summed E-state index contributed by atoms with van der Waals surface area (Å²) in [4.78, 5) is 23.0. The van der Waals surface area contributed by atoms with Crippen LogP contribution in [0.3, 0.4) is 0 Å². The fourth-order valence-corrected chi connectivity index (χ4v) is 3.50. The Kier molecular flexibility index (Phi) is 6.08. The number of rotatable bonds is 6. The molecule has 31 heavy (non-hydrogen) atoms. The molecular formula is C23H22IN5O2. The number of ether oxygens (including phenoxy) is 1. The number of pyridine rings is 1. The highest BCUT2D eigenvalue weighted by Gasteiger charge is 2.26. The zero-order chi connectivity index (χ0) is 22.0. The monoisotopic (exact) mass is 527 g/mol. The standard InChI is InChI=1S/C23H22IN5O2/c1-4-16(6-5-15(2)24)12-29-19-8-7-17(9-21(19)31-13-23(29)30)27-22-10-20-18(11-25-22)26-14-28(20)3/h4-11,14H,2,12-13H2,1,3H3,(H,25,27)/b6-5-,16-4+. The van der Waals surface area contributed by atoms with Crippen LogP contribution in [0.4, 0.5) is 17.2 Å². The van der Waals surface area contributed by atoms with E-state index >= 15 is 0 Å². The number of allylic oxidation sites excluding steroid dienone is 3. The van der Waals surface area contributed by atoms with Crippen molar-refractivity contribution in [1.29, 1.82) is 0 Å². The Bertz CT molecular complexity index is 1230. The van der Waals surface area contributed by atoms with Crippen molar-refractivity contribution < 1.29 is 9.53 Å². The molecule has 158 valence electrons. The zero-order valence-corrected chi connectivity index (χ0v) is 19.5. The van der Waals surface area contributed by atoms with Gasteiger partial charge in [-0.15, -0.1) is 0 Å². The lowest BCUT2D eigenvalue weighted by Gasteiger charge is -2.30. The number of anilines is 3. The Balaban J connectivity index is 1.57. The van der Waals surface area contributed by atoms with E-state index < -0.39 is 0 Å². The predicted octanol–water partition coefficient (Wildman–Crippen LogP) is 4.89. The highest BCUT2D eigenvalue weighted by molar-refractivity contribution is 14.1. The molecule has 1 N–H and O–H groups in total. The van der Waals surface area contributed by atoms with Crippen LogP contribution in [0.25, 0.3) is 11.0 Å². The molecule has 1 aliphatic heterocycles. The summed E-state index contributed by atoms with van der Waals surface area (Å²) >= 11 is 2.16. The average Bonchev–Trinajstić information content (AvgIpc) is 3.12. The topological polar surface area (TPSA) is 72.3 Å². The fraction of sp³-hybridized carbons (Fsp3) is 0.174. The summed E-state index contributed by atoms with van der Waals surface area (Å²) in [6.07, 6.45) is 9.41. The third-order valence-corrected chi connectivity index (χ3v) is 5.34. The SMILES string of the molecule is C=C(I)/C=C\C(=C/C)CN1C(=O)COc2cc(Nc3cc4c(cn3)ncn4C)ccc21. The van der Waals surface area contributed by atoms with Gasteiger partial charge in [0.25, 0.3) is 5.91 Å². The van der Waals surface area contributed by atoms with Gasteiger partial charge in [-0.2, -0.15) is 0 Å². The van der Waals surface area contributed by atoms with E-state index in [0.29, 0.717) is 18.1 Å². The molecule has 1 aliphatic rings. The Labute approximate surface area is 194 Å². The second-order valence-corrected chi connectivity index (χ2v) is 8.52. The number of amides is 1. The molecule has 7 nitrogen and oxygen atoms in total. The maximum atomic E-state index is 12.6. The van der Waals surface area contributed by atoms with Crippen molar-refractivity contribution in [3.63, 3.8) is 0 Å². The van der Waals surface area contributed by atoms with E-state index in [-0.39, 0.29) is 12.5 Å². The van der Waals surface area contributed by atoms with E-state index in [2.05, 4.69) is 44.5 Å². The molecule has 3 heterocycles. The smallest absolute Gasteiger partial charge is 0.265 e. The second kappa shape index (κ2) is 8.93. The lowest BCUT2D eigenvalue weighted by Crippen LogP contribution is -2.39. The maximum absolute atomic E-state index is 12.6.